The van der Waals surface area contributed by atoms with Crippen molar-refractivity contribution < 1.29 is 4.79 Å². The lowest BCUT2D eigenvalue weighted by atomic mass is 10.1. The van der Waals surface area contributed by atoms with Crippen molar-refractivity contribution in [1.82, 2.24) is 10.2 Å². The molecule has 0 saturated carbocycles. The fourth-order valence-electron chi connectivity index (χ4n) is 1.64. The van der Waals surface area contributed by atoms with Gasteiger partial charge in [-0.2, -0.15) is 0 Å². The fraction of sp³-hybridized carbons (Fsp3) is 0.500. The second-order valence-corrected chi connectivity index (χ2v) is 4.48. The van der Waals surface area contributed by atoms with Crippen molar-refractivity contribution in [2.24, 2.45) is 0 Å². The smallest absolute Gasteiger partial charge is 0.222 e. The van der Waals surface area contributed by atoms with E-state index in [9.17, 15) is 4.79 Å². The summed E-state index contributed by atoms with van der Waals surface area (Å²) >= 11 is 0. The summed E-state index contributed by atoms with van der Waals surface area (Å²) in [6, 6.07) is 10.7. The summed E-state index contributed by atoms with van der Waals surface area (Å²) < 4.78 is 0. The van der Waals surface area contributed by atoms with E-state index < -0.39 is 0 Å². The van der Waals surface area contributed by atoms with Crippen molar-refractivity contribution in [3.8, 4) is 0 Å². The minimum absolute atomic E-state index is 0.194. The van der Waals surface area contributed by atoms with Gasteiger partial charge < -0.3 is 10.2 Å². The van der Waals surface area contributed by atoms with Gasteiger partial charge in [0.1, 0.15) is 0 Å². The molecule has 3 nitrogen and oxygen atoms in total. The number of rotatable bonds is 6. The lowest BCUT2D eigenvalue weighted by molar-refractivity contribution is -0.128. The average molecular weight is 234 g/mol. The molecule has 0 bridgehead atoms. The number of carbonyl (C=O) groups is 1. The molecule has 1 atom stereocenters. The predicted octanol–water partition coefficient (Wildman–Crippen LogP) is 2.21. The van der Waals surface area contributed by atoms with Crippen LogP contribution in [0.2, 0.25) is 0 Å². The van der Waals surface area contributed by atoms with Crippen molar-refractivity contribution >= 4 is 5.91 Å². The van der Waals surface area contributed by atoms with Crippen molar-refractivity contribution in [1.29, 1.82) is 0 Å². The van der Waals surface area contributed by atoms with Crippen LogP contribution in [0.3, 0.4) is 0 Å². The molecular weight excluding hydrogens is 212 g/mol. The molecule has 0 saturated heterocycles. The van der Waals surface area contributed by atoms with E-state index in [2.05, 4.69) is 24.4 Å². The van der Waals surface area contributed by atoms with E-state index in [1.54, 1.807) is 19.0 Å². The van der Waals surface area contributed by atoms with Crippen LogP contribution in [0.4, 0.5) is 0 Å². The first-order chi connectivity index (χ1) is 8.11. The fourth-order valence-corrected chi connectivity index (χ4v) is 1.64. The third-order valence-electron chi connectivity index (χ3n) is 2.82. The van der Waals surface area contributed by atoms with E-state index in [0.29, 0.717) is 12.5 Å². The summed E-state index contributed by atoms with van der Waals surface area (Å²) in [5.74, 6) is 0.194. The van der Waals surface area contributed by atoms with Gasteiger partial charge in [0.05, 0.1) is 0 Å². The predicted molar refractivity (Wildman–Crippen MR) is 70.8 cm³/mol. The summed E-state index contributed by atoms with van der Waals surface area (Å²) in [4.78, 5) is 13.0. The third kappa shape index (κ3) is 5.00. The number of nitrogens with one attached hydrogen (secondary N) is 1. The molecule has 0 aliphatic carbocycles. The molecule has 0 fully saturated rings. The van der Waals surface area contributed by atoms with E-state index in [-0.39, 0.29) is 5.91 Å². The van der Waals surface area contributed by atoms with E-state index in [0.717, 1.165) is 13.0 Å². The molecule has 1 aromatic rings. The van der Waals surface area contributed by atoms with Gasteiger partial charge in [0, 0.05) is 26.6 Å². The summed E-state index contributed by atoms with van der Waals surface area (Å²) in [7, 11) is 3.59. The molecule has 0 aliphatic heterocycles. The molecule has 1 rings (SSSR count). The first-order valence-electron chi connectivity index (χ1n) is 6.09. The maximum absolute atomic E-state index is 11.4. The summed E-state index contributed by atoms with van der Waals surface area (Å²) in [5.41, 5.74) is 1.28. The number of nitrogens with zero attached hydrogens (tertiary/aromatic N) is 1. The highest BCUT2D eigenvalue weighted by Crippen LogP contribution is 2.10. The Hall–Kier alpha value is -1.35. The molecule has 1 N–H and O–H groups in total. The molecule has 0 aromatic heterocycles. The van der Waals surface area contributed by atoms with Gasteiger partial charge in [-0.25, -0.2) is 0 Å². The van der Waals surface area contributed by atoms with E-state index >= 15 is 0 Å². The van der Waals surface area contributed by atoms with Crippen LogP contribution in [0.1, 0.15) is 31.4 Å². The van der Waals surface area contributed by atoms with Crippen LogP contribution in [0.5, 0.6) is 0 Å². The third-order valence-corrected chi connectivity index (χ3v) is 2.82. The highest BCUT2D eigenvalue weighted by atomic mass is 16.2. The van der Waals surface area contributed by atoms with Crippen LogP contribution in [0.25, 0.3) is 0 Å². The topological polar surface area (TPSA) is 32.3 Å². The number of hydrogen-bond acceptors (Lipinski definition) is 2. The summed E-state index contributed by atoms with van der Waals surface area (Å²) in [5, 5.41) is 3.42. The maximum Gasteiger partial charge on any atom is 0.222 e. The van der Waals surface area contributed by atoms with Crippen molar-refractivity contribution in [2.45, 2.75) is 25.8 Å². The van der Waals surface area contributed by atoms with Gasteiger partial charge in [0.25, 0.3) is 0 Å². The van der Waals surface area contributed by atoms with Crippen LogP contribution >= 0.6 is 0 Å². The number of benzene rings is 1. The largest absolute Gasteiger partial charge is 0.349 e. The van der Waals surface area contributed by atoms with Crippen LogP contribution in [-0.2, 0) is 4.79 Å². The van der Waals surface area contributed by atoms with Gasteiger partial charge in [-0.1, -0.05) is 30.3 Å². The lowest BCUT2D eigenvalue weighted by Crippen LogP contribution is -2.24. The molecule has 0 unspecified atom stereocenters. The van der Waals surface area contributed by atoms with Gasteiger partial charge in [-0.15, -0.1) is 0 Å². The second kappa shape index (κ2) is 7.07. The highest BCUT2D eigenvalue weighted by molar-refractivity contribution is 5.75. The molecule has 17 heavy (non-hydrogen) atoms. The number of amides is 1. The number of carbonyl (C=O) groups excluding carboxylic acids is 1. The van der Waals surface area contributed by atoms with Gasteiger partial charge >= 0.3 is 0 Å². The Bertz CT molecular complexity index is 335. The van der Waals surface area contributed by atoms with Gasteiger partial charge in [-0.3, -0.25) is 4.79 Å². The molecular formula is C14H22N2O. The van der Waals surface area contributed by atoms with Gasteiger partial charge in [0.15, 0.2) is 0 Å². The lowest BCUT2D eigenvalue weighted by Gasteiger charge is -2.14. The van der Waals surface area contributed by atoms with E-state index in [4.69, 9.17) is 0 Å². The Kier molecular flexibility index (Phi) is 5.70. The Morgan fingerprint density at radius 1 is 1.29 bits per heavy atom. The normalized spacial score (nSPS) is 12.2. The van der Waals surface area contributed by atoms with Crippen molar-refractivity contribution in [3.63, 3.8) is 0 Å². The quantitative estimate of drug-likeness (QED) is 0.765. The highest BCUT2D eigenvalue weighted by Gasteiger charge is 2.05. The Morgan fingerprint density at radius 3 is 2.53 bits per heavy atom. The molecule has 1 amide bonds. The standard InChI is InChI=1S/C14H22N2O/c1-12(13-8-5-4-6-9-13)15-11-7-10-14(17)16(2)3/h4-6,8-9,12,15H,7,10-11H2,1-3H3/t12-/m0/s1. The monoisotopic (exact) mass is 234 g/mol. The molecule has 3 heteroatoms. The Morgan fingerprint density at radius 2 is 1.94 bits per heavy atom. The zero-order valence-electron chi connectivity index (χ0n) is 10.9. The van der Waals surface area contributed by atoms with Crippen LogP contribution < -0.4 is 5.32 Å². The number of hydrogen-bond donors (Lipinski definition) is 1. The first kappa shape index (κ1) is 13.7. The molecule has 1 aromatic carbocycles. The zero-order valence-corrected chi connectivity index (χ0v) is 10.9. The van der Waals surface area contributed by atoms with E-state index in [1.165, 1.54) is 5.56 Å². The molecule has 0 spiro atoms. The second-order valence-electron chi connectivity index (χ2n) is 4.48. The van der Waals surface area contributed by atoms with Crippen LogP contribution in [0.15, 0.2) is 30.3 Å². The van der Waals surface area contributed by atoms with Gasteiger partial charge in [0.2, 0.25) is 5.91 Å². The summed E-state index contributed by atoms with van der Waals surface area (Å²) in [6.45, 7) is 3.01. The Labute approximate surface area is 104 Å². The van der Waals surface area contributed by atoms with Crippen molar-refractivity contribution in [2.75, 3.05) is 20.6 Å². The SMILES string of the molecule is C[C@H](NCCCC(=O)N(C)C)c1ccccc1. The van der Waals surface area contributed by atoms with Crippen molar-refractivity contribution in [3.05, 3.63) is 35.9 Å². The molecule has 94 valence electrons. The molecule has 0 heterocycles. The zero-order chi connectivity index (χ0) is 12.7. The minimum Gasteiger partial charge on any atom is -0.349 e. The maximum atomic E-state index is 11.4. The summed E-state index contributed by atoms with van der Waals surface area (Å²) in [6.07, 6.45) is 1.50. The average Bonchev–Trinajstić information content (AvgIpc) is 2.35. The Balaban J connectivity index is 2.21. The van der Waals surface area contributed by atoms with Crippen LogP contribution in [-0.4, -0.2) is 31.4 Å². The molecule has 0 aliphatic rings. The van der Waals surface area contributed by atoms with E-state index in [1.807, 2.05) is 18.2 Å². The minimum atomic E-state index is 0.194. The first-order valence-corrected chi connectivity index (χ1v) is 6.09. The molecule has 0 radical (unpaired) electrons. The van der Waals surface area contributed by atoms with Crippen LogP contribution in [0, 0.1) is 0 Å². The van der Waals surface area contributed by atoms with Gasteiger partial charge in [-0.05, 0) is 25.5 Å².